The number of amides is 1. The number of nitrogens with zero attached hydrogens (tertiary/aromatic N) is 1. The summed E-state index contributed by atoms with van der Waals surface area (Å²) in [7, 11) is 0. The van der Waals surface area contributed by atoms with Crippen molar-refractivity contribution in [3.63, 3.8) is 0 Å². The molecule has 0 bridgehead atoms. The topological polar surface area (TPSA) is 32.3 Å². The molecule has 1 aliphatic heterocycles. The van der Waals surface area contributed by atoms with Crippen LogP contribution in [0.5, 0.6) is 0 Å². The van der Waals surface area contributed by atoms with E-state index in [-0.39, 0.29) is 12.1 Å². The second-order valence-electron chi connectivity index (χ2n) is 6.39. The normalized spacial score (nSPS) is 29.0. The monoisotopic (exact) mass is 276 g/mol. The van der Waals surface area contributed by atoms with Gasteiger partial charge >= 0.3 is 0 Å². The van der Waals surface area contributed by atoms with Gasteiger partial charge in [-0.05, 0) is 56.1 Å². The maximum atomic E-state index is 12.2. The van der Waals surface area contributed by atoms with Crippen molar-refractivity contribution in [2.24, 2.45) is 11.3 Å². The van der Waals surface area contributed by atoms with Gasteiger partial charge in [-0.25, -0.2) is 0 Å². The molecule has 1 aromatic heterocycles. The Hall–Kier alpha value is -0.870. The summed E-state index contributed by atoms with van der Waals surface area (Å²) in [4.78, 5) is 16.9. The largest absolute Gasteiger partial charge is 0.320 e. The second-order valence-corrected chi connectivity index (χ2v) is 7.71. The molecule has 0 radical (unpaired) electrons. The fourth-order valence-electron chi connectivity index (χ4n) is 3.46. The van der Waals surface area contributed by atoms with E-state index in [1.807, 2.05) is 0 Å². The first-order valence-corrected chi connectivity index (χ1v) is 8.09. The Kier molecular flexibility index (Phi) is 2.55. The van der Waals surface area contributed by atoms with Crippen molar-refractivity contribution >= 4 is 17.2 Å². The SMILES string of the molecule is Cc1ccc(C2NCC(=O)N2CC2(C3CC3)CC2)s1. The third kappa shape index (κ3) is 2.01. The van der Waals surface area contributed by atoms with Gasteiger partial charge in [-0.3, -0.25) is 10.1 Å². The van der Waals surface area contributed by atoms with Crippen LogP contribution in [-0.4, -0.2) is 23.9 Å². The Morgan fingerprint density at radius 2 is 2.21 bits per heavy atom. The Bertz CT molecular complexity index is 516. The third-order valence-electron chi connectivity index (χ3n) is 4.93. The Labute approximate surface area is 118 Å². The molecule has 3 aliphatic rings. The molecular formula is C15H20N2OS. The molecule has 1 saturated heterocycles. The van der Waals surface area contributed by atoms with Crippen LogP contribution in [0, 0.1) is 18.3 Å². The molecule has 102 valence electrons. The van der Waals surface area contributed by atoms with E-state index in [9.17, 15) is 4.79 Å². The molecule has 2 heterocycles. The Morgan fingerprint density at radius 1 is 1.42 bits per heavy atom. The number of carbonyl (C=O) groups excluding carboxylic acids is 1. The summed E-state index contributed by atoms with van der Waals surface area (Å²) in [5.74, 6) is 1.19. The summed E-state index contributed by atoms with van der Waals surface area (Å²) >= 11 is 1.80. The highest BCUT2D eigenvalue weighted by Gasteiger charge is 2.55. The number of aryl methyl sites for hydroxylation is 1. The van der Waals surface area contributed by atoms with Crippen LogP contribution in [0.15, 0.2) is 12.1 Å². The van der Waals surface area contributed by atoms with E-state index < -0.39 is 0 Å². The maximum absolute atomic E-state index is 12.2. The number of hydrogen-bond donors (Lipinski definition) is 1. The molecule has 1 unspecified atom stereocenters. The van der Waals surface area contributed by atoms with Gasteiger partial charge in [-0.15, -0.1) is 11.3 Å². The molecule has 4 rings (SSSR count). The fraction of sp³-hybridized carbons (Fsp3) is 0.667. The molecule has 1 atom stereocenters. The van der Waals surface area contributed by atoms with Gasteiger partial charge in [0, 0.05) is 16.3 Å². The van der Waals surface area contributed by atoms with Crippen LogP contribution in [0.4, 0.5) is 0 Å². The van der Waals surface area contributed by atoms with E-state index in [2.05, 4.69) is 29.3 Å². The van der Waals surface area contributed by atoms with Crippen LogP contribution < -0.4 is 5.32 Å². The van der Waals surface area contributed by atoms with Crippen molar-refractivity contribution in [2.45, 2.75) is 38.8 Å². The highest BCUT2D eigenvalue weighted by molar-refractivity contribution is 7.12. The Morgan fingerprint density at radius 3 is 2.79 bits per heavy atom. The van der Waals surface area contributed by atoms with Gasteiger partial charge in [0.2, 0.25) is 5.91 Å². The van der Waals surface area contributed by atoms with Crippen molar-refractivity contribution in [1.29, 1.82) is 0 Å². The van der Waals surface area contributed by atoms with Crippen LogP contribution in [0.3, 0.4) is 0 Å². The lowest BCUT2D eigenvalue weighted by Gasteiger charge is -2.28. The number of rotatable bonds is 4. The van der Waals surface area contributed by atoms with Gasteiger partial charge in [-0.2, -0.15) is 0 Å². The van der Waals surface area contributed by atoms with Crippen molar-refractivity contribution in [3.05, 3.63) is 21.9 Å². The van der Waals surface area contributed by atoms with E-state index in [0.717, 1.165) is 12.5 Å². The lowest BCUT2D eigenvalue weighted by atomic mass is 9.99. The lowest BCUT2D eigenvalue weighted by Crippen LogP contribution is -2.35. The number of thiophene rings is 1. The van der Waals surface area contributed by atoms with Gasteiger partial charge in [0.25, 0.3) is 0 Å². The lowest BCUT2D eigenvalue weighted by molar-refractivity contribution is -0.129. The molecule has 4 heteroatoms. The minimum atomic E-state index is 0.127. The summed E-state index contributed by atoms with van der Waals surface area (Å²) in [6.45, 7) is 3.61. The van der Waals surface area contributed by atoms with Crippen LogP contribution in [0.25, 0.3) is 0 Å². The second kappa shape index (κ2) is 4.06. The minimum Gasteiger partial charge on any atom is -0.320 e. The van der Waals surface area contributed by atoms with Crippen molar-refractivity contribution in [3.8, 4) is 0 Å². The first-order chi connectivity index (χ1) is 9.18. The van der Waals surface area contributed by atoms with Crippen molar-refractivity contribution < 1.29 is 4.79 Å². The number of hydrogen-bond acceptors (Lipinski definition) is 3. The zero-order chi connectivity index (χ0) is 13.0. The molecule has 3 nitrogen and oxygen atoms in total. The van der Waals surface area contributed by atoms with Gasteiger partial charge in [0.05, 0.1) is 6.54 Å². The van der Waals surface area contributed by atoms with E-state index in [0.29, 0.717) is 12.0 Å². The molecule has 2 aliphatic carbocycles. The summed E-state index contributed by atoms with van der Waals surface area (Å²) in [6, 6.07) is 4.32. The zero-order valence-electron chi connectivity index (χ0n) is 11.3. The molecule has 1 amide bonds. The van der Waals surface area contributed by atoms with Crippen molar-refractivity contribution in [2.75, 3.05) is 13.1 Å². The predicted molar refractivity (Wildman–Crippen MR) is 75.9 cm³/mol. The van der Waals surface area contributed by atoms with E-state index in [4.69, 9.17) is 0 Å². The predicted octanol–water partition coefficient (Wildman–Crippen LogP) is 2.68. The Balaban J connectivity index is 1.56. The van der Waals surface area contributed by atoms with Crippen LogP contribution in [0.1, 0.15) is 41.6 Å². The molecule has 1 aromatic rings. The first-order valence-electron chi connectivity index (χ1n) is 7.27. The highest BCUT2D eigenvalue weighted by atomic mass is 32.1. The smallest absolute Gasteiger partial charge is 0.238 e. The van der Waals surface area contributed by atoms with Gasteiger partial charge in [0.15, 0.2) is 0 Å². The molecule has 3 fully saturated rings. The summed E-state index contributed by atoms with van der Waals surface area (Å²) < 4.78 is 0. The summed E-state index contributed by atoms with van der Waals surface area (Å²) in [5, 5.41) is 3.38. The fourth-order valence-corrected chi connectivity index (χ4v) is 4.43. The summed E-state index contributed by atoms with van der Waals surface area (Å²) in [6.07, 6.45) is 5.56. The van der Waals surface area contributed by atoms with Crippen LogP contribution in [-0.2, 0) is 4.79 Å². The van der Waals surface area contributed by atoms with Gasteiger partial charge < -0.3 is 4.90 Å². The van der Waals surface area contributed by atoms with Crippen LogP contribution in [0.2, 0.25) is 0 Å². The molecule has 0 aromatic carbocycles. The number of carbonyl (C=O) groups is 1. The number of nitrogens with one attached hydrogen (secondary N) is 1. The van der Waals surface area contributed by atoms with E-state index >= 15 is 0 Å². The molecule has 1 N–H and O–H groups in total. The van der Waals surface area contributed by atoms with E-state index in [1.165, 1.54) is 35.4 Å². The molecule has 2 saturated carbocycles. The summed E-state index contributed by atoms with van der Waals surface area (Å²) in [5.41, 5.74) is 0.492. The molecular weight excluding hydrogens is 256 g/mol. The average Bonchev–Trinajstić information content (AvgIpc) is 3.27. The maximum Gasteiger partial charge on any atom is 0.238 e. The van der Waals surface area contributed by atoms with Crippen LogP contribution >= 0.6 is 11.3 Å². The minimum absolute atomic E-state index is 0.127. The van der Waals surface area contributed by atoms with Gasteiger partial charge in [0.1, 0.15) is 6.17 Å². The van der Waals surface area contributed by atoms with Gasteiger partial charge in [-0.1, -0.05) is 0 Å². The standard InChI is InChI=1S/C15H20N2OS/c1-10-2-5-12(19-10)14-16-8-13(18)17(14)9-15(6-7-15)11-3-4-11/h2,5,11,14,16H,3-4,6-9H2,1H3. The third-order valence-corrected chi connectivity index (χ3v) is 5.98. The molecule has 19 heavy (non-hydrogen) atoms. The highest BCUT2D eigenvalue weighted by Crippen LogP contribution is 2.62. The average molecular weight is 276 g/mol. The quantitative estimate of drug-likeness (QED) is 0.917. The van der Waals surface area contributed by atoms with E-state index in [1.54, 1.807) is 11.3 Å². The zero-order valence-corrected chi connectivity index (χ0v) is 12.1. The molecule has 0 spiro atoms. The first kappa shape index (κ1) is 11.9. The van der Waals surface area contributed by atoms with Crippen molar-refractivity contribution in [1.82, 2.24) is 10.2 Å².